The van der Waals surface area contributed by atoms with Gasteiger partial charge in [-0.1, -0.05) is 29.8 Å². The summed E-state index contributed by atoms with van der Waals surface area (Å²) in [6, 6.07) is 11.0. The summed E-state index contributed by atoms with van der Waals surface area (Å²) in [6.07, 6.45) is 2.03. The molecule has 18 heavy (non-hydrogen) atoms. The van der Waals surface area contributed by atoms with E-state index in [2.05, 4.69) is 49.2 Å². The zero-order chi connectivity index (χ0) is 13.6. The highest BCUT2D eigenvalue weighted by molar-refractivity contribution is 5.21. The molecule has 0 unspecified atom stereocenters. The monoisotopic (exact) mass is 244 g/mol. The molecule has 0 saturated carbocycles. The summed E-state index contributed by atoms with van der Waals surface area (Å²) >= 11 is 0. The van der Waals surface area contributed by atoms with Gasteiger partial charge in [0.25, 0.3) is 0 Å². The smallest absolute Gasteiger partial charge is 0.0683 e. The quantitative estimate of drug-likeness (QED) is 0.762. The summed E-state index contributed by atoms with van der Waals surface area (Å²) in [5, 5.41) is 8.96. The van der Waals surface area contributed by atoms with Crippen LogP contribution in [0.15, 0.2) is 24.3 Å². The van der Waals surface area contributed by atoms with Gasteiger partial charge in [-0.2, -0.15) is 5.26 Å². The minimum Gasteiger partial charge on any atom is -0.302 e. The van der Waals surface area contributed by atoms with Crippen molar-refractivity contribution in [3.63, 3.8) is 0 Å². The van der Waals surface area contributed by atoms with Crippen molar-refractivity contribution < 1.29 is 0 Å². The van der Waals surface area contributed by atoms with Crippen molar-refractivity contribution in [2.45, 2.75) is 40.2 Å². The van der Waals surface area contributed by atoms with E-state index in [4.69, 9.17) is 5.26 Å². The van der Waals surface area contributed by atoms with E-state index in [1.165, 1.54) is 11.1 Å². The first-order valence-corrected chi connectivity index (χ1v) is 6.58. The fraction of sp³-hybridized carbons (Fsp3) is 0.562. The standard InChI is InChI=1S/C16H24N2/c1-14-7-5-8-15(11-14)12-18(4)10-6-9-16(2,3)13-17/h5,7-8,11H,6,9-10,12H2,1-4H3. The summed E-state index contributed by atoms with van der Waals surface area (Å²) < 4.78 is 0. The Morgan fingerprint density at radius 3 is 2.67 bits per heavy atom. The van der Waals surface area contributed by atoms with Crippen LogP contribution in [0.5, 0.6) is 0 Å². The first kappa shape index (κ1) is 14.7. The van der Waals surface area contributed by atoms with Gasteiger partial charge in [0.2, 0.25) is 0 Å². The Hall–Kier alpha value is -1.33. The van der Waals surface area contributed by atoms with Gasteiger partial charge in [0.05, 0.1) is 11.5 Å². The van der Waals surface area contributed by atoms with Crippen LogP contribution in [0.25, 0.3) is 0 Å². The van der Waals surface area contributed by atoms with Crippen LogP contribution >= 0.6 is 0 Å². The van der Waals surface area contributed by atoms with E-state index < -0.39 is 0 Å². The van der Waals surface area contributed by atoms with Crippen molar-refractivity contribution in [1.82, 2.24) is 4.90 Å². The molecule has 2 nitrogen and oxygen atoms in total. The number of benzene rings is 1. The van der Waals surface area contributed by atoms with Crippen molar-refractivity contribution in [3.05, 3.63) is 35.4 Å². The van der Waals surface area contributed by atoms with Crippen LogP contribution < -0.4 is 0 Å². The molecule has 2 heteroatoms. The molecule has 0 radical (unpaired) electrons. The molecule has 0 aromatic heterocycles. The highest BCUT2D eigenvalue weighted by atomic mass is 15.1. The average Bonchev–Trinajstić information content (AvgIpc) is 2.28. The number of aryl methyl sites for hydroxylation is 1. The second-order valence-electron chi connectivity index (χ2n) is 5.83. The van der Waals surface area contributed by atoms with E-state index in [-0.39, 0.29) is 5.41 Å². The van der Waals surface area contributed by atoms with Gasteiger partial charge in [0.1, 0.15) is 0 Å². The molecule has 1 aromatic carbocycles. The molecule has 0 spiro atoms. The van der Waals surface area contributed by atoms with Crippen LogP contribution in [0.2, 0.25) is 0 Å². The topological polar surface area (TPSA) is 27.0 Å². The van der Waals surface area contributed by atoms with Crippen molar-refractivity contribution in [3.8, 4) is 6.07 Å². The summed E-state index contributed by atoms with van der Waals surface area (Å²) in [4.78, 5) is 2.32. The van der Waals surface area contributed by atoms with Crippen LogP contribution in [0.3, 0.4) is 0 Å². The molecule has 0 N–H and O–H groups in total. The predicted molar refractivity (Wildman–Crippen MR) is 76.1 cm³/mol. The summed E-state index contributed by atoms with van der Waals surface area (Å²) in [6.45, 7) is 8.16. The number of hydrogen-bond donors (Lipinski definition) is 0. The van der Waals surface area contributed by atoms with Gasteiger partial charge in [0, 0.05) is 6.54 Å². The molecule has 0 fully saturated rings. The van der Waals surface area contributed by atoms with E-state index in [0.29, 0.717) is 0 Å². The lowest BCUT2D eigenvalue weighted by Gasteiger charge is -2.20. The molecule has 0 amide bonds. The third-order valence-electron chi connectivity index (χ3n) is 3.18. The first-order valence-electron chi connectivity index (χ1n) is 6.58. The second kappa shape index (κ2) is 6.56. The minimum absolute atomic E-state index is 0.190. The predicted octanol–water partition coefficient (Wildman–Crippen LogP) is 3.76. The van der Waals surface area contributed by atoms with Gasteiger partial charge in [-0.25, -0.2) is 0 Å². The highest BCUT2D eigenvalue weighted by Gasteiger charge is 2.15. The van der Waals surface area contributed by atoms with E-state index in [0.717, 1.165) is 25.9 Å². The molecule has 0 aliphatic rings. The Morgan fingerprint density at radius 2 is 2.06 bits per heavy atom. The van der Waals surface area contributed by atoms with Crippen molar-refractivity contribution in [2.75, 3.05) is 13.6 Å². The third kappa shape index (κ3) is 5.33. The average molecular weight is 244 g/mol. The third-order valence-corrected chi connectivity index (χ3v) is 3.18. The highest BCUT2D eigenvalue weighted by Crippen LogP contribution is 2.20. The Kier molecular flexibility index (Phi) is 5.37. The van der Waals surface area contributed by atoms with Gasteiger partial charge in [-0.3, -0.25) is 0 Å². The summed E-state index contributed by atoms with van der Waals surface area (Å²) in [5.74, 6) is 0. The lowest BCUT2D eigenvalue weighted by Crippen LogP contribution is -2.21. The molecule has 98 valence electrons. The SMILES string of the molecule is Cc1cccc(CN(C)CCCC(C)(C)C#N)c1. The fourth-order valence-electron chi connectivity index (χ4n) is 2.05. The molecular weight excluding hydrogens is 220 g/mol. The molecule has 0 saturated heterocycles. The maximum absolute atomic E-state index is 8.96. The molecule has 1 rings (SSSR count). The fourth-order valence-corrected chi connectivity index (χ4v) is 2.05. The van der Waals surface area contributed by atoms with Crippen molar-refractivity contribution in [2.24, 2.45) is 5.41 Å². The molecule has 0 heterocycles. The van der Waals surface area contributed by atoms with Crippen LogP contribution in [0.4, 0.5) is 0 Å². The van der Waals surface area contributed by atoms with Crippen LogP contribution in [-0.4, -0.2) is 18.5 Å². The normalized spacial score (nSPS) is 11.6. The van der Waals surface area contributed by atoms with E-state index in [9.17, 15) is 0 Å². The first-order chi connectivity index (χ1) is 8.43. The second-order valence-corrected chi connectivity index (χ2v) is 5.83. The van der Waals surface area contributed by atoms with Gasteiger partial charge in [-0.15, -0.1) is 0 Å². The van der Waals surface area contributed by atoms with E-state index in [1.54, 1.807) is 0 Å². The number of rotatable bonds is 6. The maximum Gasteiger partial charge on any atom is 0.0683 e. The Bertz CT molecular complexity index is 415. The molecule has 0 aliphatic carbocycles. The zero-order valence-electron chi connectivity index (χ0n) is 12.0. The number of nitriles is 1. The van der Waals surface area contributed by atoms with E-state index in [1.807, 2.05) is 13.8 Å². The maximum atomic E-state index is 8.96. The van der Waals surface area contributed by atoms with Crippen LogP contribution in [0, 0.1) is 23.7 Å². The molecular formula is C16H24N2. The molecule has 0 atom stereocenters. The van der Waals surface area contributed by atoms with Crippen molar-refractivity contribution >= 4 is 0 Å². The Labute approximate surface area is 111 Å². The molecule has 0 bridgehead atoms. The zero-order valence-corrected chi connectivity index (χ0v) is 12.0. The molecule has 0 aliphatic heterocycles. The summed E-state index contributed by atoms with van der Waals surface area (Å²) in [7, 11) is 2.14. The lowest BCUT2D eigenvalue weighted by atomic mass is 9.90. The largest absolute Gasteiger partial charge is 0.302 e. The Morgan fingerprint density at radius 1 is 1.33 bits per heavy atom. The number of hydrogen-bond acceptors (Lipinski definition) is 2. The van der Waals surface area contributed by atoms with E-state index >= 15 is 0 Å². The Balaban J connectivity index is 2.35. The number of nitrogens with zero attached hydrogens (tertiary/aromatic N) is 2. The minimum atomic E-state index is -0.190. The van der Waals surface area contributed by atoms with Gasteiger partial charge < -0.3 is 4.90 Å². The van der Waals surface area contributed by atoms with Gasteiger partial charge in [0.15, 0.2) is 0 Å². The van der Waals surface area contributed by atoms with Crippen LogP contribution in [0.1, 0.15) is 37.8 Å². The molecule has 1 aromatic rings. The lowest BCUT2D eigenvalue weighted by molar-refractivity contribution is 0.298. The van der Waals surface area contributed by atoms with Crippen molar-refractivity contribution in [1.29, 1.82) is 5.26 Å². The van der Waals surface area contributed by atoms with Gasteiger partial charge >= 0.3 is 0 Å². The van der Waals surface area contributed by atoms with Crippen LogP contribution in [-0.2, 0) is 6.54 Å². The summed E-state index contributed by atoms with van der Waals surface area (Å²) in [5.41, 5.74) is 2.48. The van der Waals surface area contributed by atoms with Gasteiger partial charge in [-0.05, 0) is 52.8 Å².